The van der Waals surface area contributed by atoms with Crippen molar-refractivity contribution in [3.63, 3.8) is 0 Å². The van der Waals surface area contributed by atoms with E-state index in [1.807, 2.05) is 25.7 Å². The highest BCUT2D eigenvalue weighted by Crippen LogP contribution is 2.26. The molecule has 0 radical (unpaired) electrons. The van der Waals surface area contributed by atoms with Crippen molar-refractivity contribution in [2.75, 3.05) is 19.6 Å². The maximum Gasteiger partial charge on any atom is 0.410 e. The zero-order valence-electron chi connectivity index (χ0n) is 14.3. The Labute approximate surface area is 137 Å². The molecule has 7 heteroatoms. The van der Waals surface area contributed by atoms with Crippen molar-refractivity contribution in [1.29, 1.82) is 0 Å². The number of aliphatic imine (C=N–C) groups is 1. The van der Waals surface area contributed by atoms with Gasteiger partial charge in [-0.25, -0.2) is 9.79 Å². The molecule has 0 aromatic carbocycles. The summed E-state index contributed by atoms with van der Waals surface area (Å²) in [4.78, 5) is 19.7. The first-order valence-electron chi connectivity index (χ1n) is 8.02. The molecule has 0 spiro atoms. The highest BCUT2D eigenvalue weighted by Gasteiger charge is 2.37. The van der Waals surface area contributed by atoms with Gasteiger partial charge in [0.1, 0.15) is 5.60 Å². The van der Waals surface area contributed by atoms with Crippen molar-refractivity contribution >= 4 is 12.4 Å². The Morgan fingerprint density at radius 3 is 2.65 bits per heavy atom. The van der Waals surface area contributed by atoms with E-state index in [1.165, 1.54) is 0 Å². The van der Waals surface area contributed by atoms with Gasteiger partial charge in [0.2, 0.25) is 0 Å². The number of carbonyl (C=O) groups excluding carboxylic acids is 1. The van der Waals surface area contributed by atoms with E-state index >= 15 is 0 Å². The van der Waals surface area contributed by atoms with Gasteiger partial charge in [-0.05, 0) is 33.6 Å². The van der Waals surface area contributed by atoms with Gasteiger partial charge >= 0.3 is 6.09 Å². The first-order valence-corrected chi connectivity index (χ1v) is 8.02. The second-order valence-electron chi connectivity index (χ2n) is 7.45. The number of piperidine rings is 1. The quantitative estimate of drug-likeness (QED) is 0.798. The number of rotatable bonds is 2. The van der Waals surface area contributed by atoms with Crippen LogP contribution >= 0.6 is 0 Å². The Balaban J connectivity index is 1.88. The second kappa shape index (κ2) is 6.49. The van der Waals surface area contributed by atoms with Crippen LogP contribution in [-0.4, -0.2) is 64.3 Å². The normalized spacial score (nSPS) is 24.7. The first kappa shape index (κ1) is 17.7. The molecule has 130 valence electrons. The van der Waals surface area contributed by atoms with E-state index < -0.39 is 11.2 Å². The fourth-order valence-electron chi connectivity index (χ4n) is 2.74. The van der Waals surface area contributed by atoms with Crippen molar-refractivity contribution in [2.24, 2.45) is 10.7 Å². The molecule has 0 aromatic heterocycles. The summed E-state index contributed by atoms with van der Waals surface area (Å²) in [5, 5.41) is 10.8. The van der Waals surface area contributed by atoms with Crippen LogP contribution in [-0.2, 0) is 4.74 Å². The van der Waals surface area contributed by atoms with Crippen LogP contribution < -0.4 is 5.73 Å². The molecule has 2 aliphatic heterocycles. The second-order valence-corrected chi connectivity index (χ2v) is 7.45. The third-order valence-electron chi connectivity index (χ3n) is 4.08. The summed E-state index contributed by atoms with van der Waals surface area (Å²) < 4.78 is 5.37. The van der Waals surface area contributed by atoms with Crippen molar-refractivity contribution in [1.82, 2.24) is 9.80 Å². The van der Waals surface area contributed by atoms with E-state index in [0.717, 1.165) is 5.70 Å². The predicted molar refractivity (Wildman–Crippen MR) is 88.9 cm³/mol. The number of hydrogen-bond acceptors (Lipinski definition) is 6. The SMILES string of the molecule is C=C1CC(N)N(CC2(O)CCN(C(=O)OC(C)(C)C)CC2)C=N1. The monoisotopic (exact) mass is 324 g/mol. The van der Waals surface area contributed by atoms with Gasteiger partial charge in [-0.15, -0.1) is 0 Å². The Kier molecular flexibility index (Phi) is 5.01. The molecule has 0 aromatic rings. The Bertz CT molecular complexity index is 490. The van der Waals surface area contributed by atoms with Crippen LogP contribution in [0.15, 0.2) is 17.3 Å². The lowest BCUT2D eigenvalue weighted by Gasteiger charge is -2.42. The molecule has 1 amide bonds. The van der Waals surface area contributed by atoms with E-state index in [9.17, 15) is 9.90 Å². The van der Waals surface area contributed by atoms with Crippen LogP contribution in [0, 0.1) is 0 Å². The number of β-amino-alcohol motifs (C(OH)–C–C–N with tert-alkyl or cyclic N) is 1. The fraction of sp³-hybridized carbons (Fsp3) is 0.750. The van der Waals surface area contributed by atoms with E-state index in [4.69, 9.17) is 10.5 Å². The Hall–Kier alpha value is -1.60. The highest BCUT2D eigenvalue weighted by molar-refractivity contribution is 5.68. The van der Waals surface area contributed by atoms with Gasteiger partial charge in [-0.3, -0.25) is 0 Å². The Morgan fingerprint density at radius 2 is 2.13 bits per heavy atom. The van der Waals surface area contributed by atoms with Gasteiger partial charge < -0.3 is 25.4 Å². The largest absolute Gasteiger partial charge is 0.444 e. The van der Waals surface area contributed by atoms with E-state index in [0.29, 0.717) is 38.9 Å². The van der Waals surface area contributed by atoms with Crippen LogP contribution in [0.25, 0.3) is 0 Å². The number of likely N-dealkylation sites (tertiary alicyclic amines) is 1. The number of amides is 1. The summed E-state index contributed by atoms with van der Waals surface area (Å²) in [6, 6.07) is 0. The molecule has 1 unspecified atom stereocenters. The molecule has 2 heterocycles. The van der Waals surface area contributed by atoms with Crippen LogP contribution in [0.3, 0.4) is 0 Å². The molecule has 1 fully saturated rings. The molecule has 2 aliphatic rings. The lowest BCUT2D eigenvalue weighted by molar-refractivity contribution is -0.0450. The summed E-state index contributed by atoms with van der Waals surface area (Å²) in [7, 11) is 0. The lowest BCUT2D eigenvalue weighted by Crippen LogP contribution is -2.56. The van der Waals surface area contributed by atoms with E-state index in [2.05, 4.69) is 11.6 Å². The van der Waals surface area contributed by atoms with Crippen molar-refractivity contribution < 1.29 is 14.6 Å². The zero-order chi connectivity index (χ0) is 17.3. The molecular weight excluding hydrogens is 296 g/mol. The summed E-state index contributed by atoms with van der Waals surface area (Å²) in [6.45, 7) is 10.7. The molecule has 1 atom stereocenters. The minimum absolute atomic E-state index is 0.215. The summed E-state index contributed by atoms with van der Waals surface area (Å²) in [6.07, 6.45) is 2.68. The molecule has 23 heavy (non-hydrogen) atoms. The van der Waals surface area contributed by atoms with Gasteiger partial charge in [0.25, 0.3) is 0 Å². The maximum absolute atomic E-state index is 12.1. The average molecular weight is 324 g/mol. The molecule has 3 N–H and O–H groups in total. The topological polar surface area (TPSA) is 91.4 Å². The van der Waals surface area contributed by atoms with E-state index in [1.54, 1.807) is 11.2 Å². The van der Waals surface area contributed by atoms with Gasteiger partial charge in [0.05, 0.1) is 18.1 Å². The molecule has 7 nitrogen and oxygen atoms in total. The van der Waals surface area contributed by atoms with Crippen molar-refractivity contribution in [3.8, 4) is 0 Å². The third kappa shape index (κ3) is 4.94. The van der Waals surface area contributed by atoms with Crippen molar-refractivity contribution in [3.05, 3.63) is 12.3 Å². The number of hydrogen-bond donors (Lipinski definition) is 2. The van der Waals surface area contributed by atoms with Gasteiger partial charge in [-0.1, -0.05) is 6.58 Å². The number of ether oxygens (including phenoxy) is 1. The molecule has 1 saturated heterocycles. The van der Waals surface area contributed by atoms with Crippen LogP contribution in [0.4, 0.5) is 4.79 Å². The van der Waals surface area contributed by atoms with Crippen LogP contribution in [0.5, 0.6) is 0 Å². The number of nitrogens with zero attached hydrogens (tertiary/aromatic N) is 3. The first-order chi connectivity index (χ1) is 10.6. The number of carbonyl (C=O) groups is 1. The third-order valence-corrected chi connectivity index (χ3v) is 4.08. The molecule has 0 saturated carbocycles. The fourth-order valence-corrected chi connectivity index (χ4v) is 2.74. The smallest absolute Gasteiger partial charge is 0.410 e. The number of nitrogens with two attached hydrogens (primary N) is 1. The molecule has 0 aliphatic carbocycles. The predicted octanol–water partition coefficient (Wildman–Crippen LogP) is 1.28. The van der Waals surface area contributed by atoms with Gasteiger partial charge in [0.15, 0.2) is 0 Å². The average Bonchev–Trinajstić information content (AvgIpc) is 2.41. The summed E-state index contributed by atoms with van der Waals surface area (Å²) in [5.74, 6) is 0. The maximum atomic E-state index is 12.1. The standard InChI is InChI=1S/C16H28N4O3/c1-12-9-13(17)20(11-18-12)10-16(22)5-7-19(8-6-16)14(21)23-15(2,3)4/h11,13,22H,1,5-10,17H2,2-4H3. The van der Waals surface area contributed by atoms with Crippen LogP contribution in [0.2, 0.25) is 0 Å². The summed E-state index contributed by atoms with van der Waals surface area (Å²) in [5.41, 5.74) is 5.44. The molecule has 2 rings (SSSR count). The highest BCUT2D eigenvalue weighted by atomic mass is 16.6. The molecular formula is C16H28N4O3. The van der Waals surface area contributed by atoms with Crippen LogP contribution in [0.1, 0.15) is 40.0 Å². The van der Waals surface area contributed by atoms with Crippen molar-refractivity contribution in [2.45, 2.75) is 57.4 Å². The number of aliphatic hydroxyl groups is 1. The minimum Gasteiger partial charge on any atom is -0.444 e. The van der Waals surface area contributed by atoms with E-state index in [-0.39, 0.29) is 12.3 Å². The lowest BCUT2D eigenvalue weighted by atomic mass is 9.90. The zero-order valence-corrected chi connectivity index (χ0v) is 14.3. The summed E-state index contributed by atoms with van der Waals surface area (Å²) >= 11 is 0. The van der Waals surface area contributed by atoms with Gasteiger partial charge in [0, 0.05) is 31.8 Å². The minimum atomic E-state index is -0.874. The Morgan fingerprint density at radius 1 is 1.52 bits per heavy atom. The molecule has 0 bridgehead atoms. The van der Waals surface area contributed by atoms with Gasteiger partial charge in [-0.2, -0.15) is 0 Å².